The summed E-state index contributed by atoms with van der Waals surface area (Å²) in [5.41, 5.74) is 1.14. The zero-order chi connectivity index (χ0) is 12.7. The lowest BCUT2D eigenvalue weighted by molar-refractivity contribution is -0.125. The molecule has 0 saturated heterocycles. The third-order valence-corrected chi connectivity index (χ3v) is 3.47. The Hall–Kier alpha value is -0.870. The molecule has 0 saturated carbocycles. The number of aliphatic hydroxyl groups is 1. The van der Waals surface area contributed by atoms with E-state index in [1.165, 1.54) is 0 Å². The van der Waals surface area contributed by atoms with Crippen molar-refractivity contribution in [3.8, 4) is 0 Å². The lowest BCUT2D eigenvalue weighted by Crippen LogP contribution is -2.33. The monoisotopic (exact) mass is 299 g/mol. The molecule has 17 heavy (non-hydrogen) atoms. The summed E-state index contributed by atoms with van der Waals surface area (Å²) in [6.07, 6.45) is 1.51. The van der Waals surface area contributed by atoms with Crippen LogP contribution in [-0.2, 0) is 11.2 Å². The predicted molar refractivity (Wildman–Crippen MR) is 71.7 cm³/mol. The van der Waals surface area contributed by atoms with E-state index in [1.807, 2.05) is 31.2 Å². The number of hydrogen-bond acceptors (Lipinski definition) is 2. The van der Waals surface area contributed by atoms with Crippen molar-refractivity contribution >= 4 is 21.8 Å². The molecule has 0 aliphatic carbocycles. The Kier molecular flexibility index (Phi) is 6.22. The highest BCUT2D eigenvalue weighted by Crippen LogP contribution is 2.20. The number of benzene rings is 1. The van der Waals surface area contributed by atoms with Crippen LogP contribution >= 0.6 is 15.9 Å². The van der Waals surface area contributed by atoms with Crippen molar-refractivity contribution in [3.63, 3.8) is 0 Å². The average Bonchev–Trinajstić information content (AvgIpc) is 2.35. The maximum absolute atomic E-state index is 11.8. The van der Waals surface area contributed by atoms with Gasteiger partial charge in [-0.05, 0) is 24.5 Å². The van der Waals surface area contributed by atoms with Gasteiger partial charge in [-0.2, -0.15) is 0 Å². The van der Waals surface area contributed by atoms with Crippen molar-refractivity contribution in [2.24, 2.45) is 5.92 Å². The second kappa shape index (κ2) is 7.45. The first kappa shape index (κ1) is 14.2. The molecule has 0 aliphatic heterocycles. The maximum Gasteiger partial charge on any atom is 0.223 e. The Labute approximate surface area is 110 Å². The number of nitrogens with one attached hydrogen (secondary N) is 1. The number of halogens is 1. The first-order valence-electron chi connectivity index (χ1n) is 5.81. The lowest BCUT2D eigenvalue weighted by Gasteiger charge is -2.15. The molecular weight excluding hydrogens is 282 g/mol. The molecule has 0 fully saturated rings. The van der Waals surface area contributed by atoms with Crippen molar-refractivity contribution in [2.45, 2.75) is 19.8 Å². The van der Waals surface area contributed by atoms with Gasteiger partial charge in [-0.1, -0.05) is 41.1 Å². The van der Waals surface area contributed by atoms with E-state index in [9.17, 15) is 4.79 Å². The van der Waals surface area contributed by atoms with E-state index >= 15 is 0 Å². The Balaban J connectivity index is 2.63. The van der Waals surface area contributed by atoms with E-state index in [0.717, 1.165) is 22.9 Å². The summed E-state index contributed by atoms with van der Waals surface area (Å²) in [4.78, 5) is 11.8. The van der Waals surface area contributed by atoms with E-state index in [0.29, 0.717) is 6.54 Å². The number of carbonyl (C=O) groups is 1. The molecular formula is C13H18BrNO2. The fourth-order valence-corrected chi connectivity index (χ4v) is 2.12. The Bertz CT molecular complexity index is 368. The zero-order valence-corrected chi connectivity index (χ0v) is 11.5. The largest absolute Gasteiger partial charge is 0.395 e. The number of rotatable bonds is 6. The fraction of sp³-hybridized carbons (Fsp3) is 0.462. The van der Waals surface area contributed by atoms with Gasteiger partial charge in [0.25, 0.3) is 0 Å². The van der Waals surface area contributed by atoms with Crippen molar-refractivity contribution < 1.29 is 9.90 Å². The highest BCUT2D eigenvalue weighted by atomic mass is 79.9. The Morgan fingerprint density at radius 2 is 2.18 bits per heavy atom. The van der Waals surface area contributed by atoms with Crippen molar-refractivity contribution in [3.05, 3.63) is 34.3 Å². The molecule has 1 aromatic carbocycles. The first-order chi connectivity index (χ1) is 8.19. The van der Waals surface area contributed by atoms with Gasteiger partial charge in [-0.15, -0.1) is 0 Å². The van der Waals surface area contributed by atoms with E-state index in [-0.39, 0.29) is 18.4 Å². The van der Waals surface area contributed by atoms with E-state index in [4.69, 9.17) is 5.11 Å². The van der Waals surface area contributed by atoms with E-state index in [2.05, 4.69) is 21.2 Å². The van der Waals surface area contributed by atoms with Crippen molar-refractivity contribution in [1.82, 2.24) is 5.32 Å². The standard InChI is InChI=1S/C13H18BrNO2/c1-2-10(13(17)15-7-8-16)9-11-5-3-4-6-12(11)14/h3-6,10,16H,2,7-9H2,1H3,(H,15,17). The molecule has 1 amide bonds. The molecule has 0 heterocycles. The highest BCUT2D eigenvalue weighted by Gasteiger charge is 2.17. The molecule has 4 heteroatoms. The highest BCUT2D eigenvalue weighted by molar-refractivity contribution is 9.10. The van der Waals surface area contributed by atoms with Gasteiger partial charge in [0, 0.05) is 16.9 Å². The second-order valence-corrected chi connectivity index (χ2v) is 4.77. The molecule has 0 bridgehead atoms. The third kappa shape index (κ3) is 4.48. The van der Waals surface area contributed by atoms with Crippen LogP contribution in [0.1, 0.15) is 18.9 Å². The summed E-state index contributed by atoms with van der Waals surface area (Å²) >= 11 is 3.48. The van der Waals surface area contributed by atoms with Gasteiger partial charge in [0.05, 0.1) is 6.61 Å². The molecule has 1 atom stereocenters. The molecule has 0 aromatic heterocycles. The molecule has 2 N–H and O–H groups in total. The van der Waals surface area contributed by atoms with Gasteiger partial charge < -0.3 is 10.4 Å². The van der Waals surface area contributed by atoms with Crippen molar-refractivity contribution in [1.29, 1.82) is 0 Å². The summed E-state index contributed by atoms with van der Waals surface area (Å²) in [5.74, 6) is -0.0300. The summed E-state index contributed by atoms with van der Waals surface area (Å²) in [6, 6.07) is 7.93. The fourth-order valence-electron chi connectivity index (χ4n) is 1.68. The molecule has 3 nitrogen and oxygen atoms in total. The quantitative estimate of drug-likeness (QED) is 0.845. The van der Waals surface area contributed by atoms with Gasteiger partial charge in [-0.3, -0.25) is 4.79 Å². The minimum absolute atomic E-state index is 0.0114. The maximum atomic E-state index is 11.8. The van der Waals surface area contributed by atoms with Crippen LogP contribution in [0.25, 0.3) is 0 Å². The minimum atomic E-state index is -0.0414. The third-order valence-electron chi connectivity index (χ3n) is 2.70. The van der Waals surface area contributed by atoms with Gasteiger partial charge in [-0.25, -0.2) is 0 Å². The van der Waals surface area contributed by atoms with Crippen LogP contribution in [0, 0.1) is 5.92 Å². The number of carbonyl (C=O) groups excluding carboxylic acids is 1. The molecule has 0 spiro atoms. The zero-order valence-electron chi connectivity index (χ0n) is 9.95. The van der Waals surface area contributed by atoms with Crippen LogP contribution in [0.2, 0.25) is 0 Å². The van der Waals surface area contributed by atoms with E-state index in [1.54, 1.807) is 0 Å². The summed E-state index contributed by atoms with van der Waals surface area (Å²) in [5, 5.41) is 11.4. The molecule has 1 rings (SSSR count). The van der Waals surface area contributed by atoms with Crippen LogP contribution in [-0.4, -0.2) is 24.2 Å². The number of aliphatic hydroxyl groups excluding tert-OH is 1. The van der Waals surface area contributed by atoms with Gasteiger partial charge in [0.1, 0.15) is 0 Å². The SMILES string of the molecule is CCC(Cc1ccccc1Br)C(=O)NCCO. The topological polar surface area (TPSA) is 49.3 Å². The smallest absolute Gasteiger partial charge is 0.223 e. The Morgan fingerprint density at radius 3 is 2.76 bits per heavy atom. The molecule has 1 unspecified atom stereocenters. The molecule has 0 aliphatic rings. The average molecular weight is 300 g/mol. The first-order valence-corrected chi connectivity index (χ1v) is 6.60. The van der Waals surface area contributed by atoms with Crippen LogP contribution in [0.5, 0.6) is 0 Å². The minimum Gasteiger partial charge on any atom is -0.395 e. The Morgan fingerprint density at radius 1 is 1.47 bits per heavy atom. The van der Waals surface area contributed by atoms with Gasteiger partial charge in [0.2, 0.25) is 5.91 Å². The number of hydrogen-bond donors (Lipinski definition) is 2. The second-order valence-electron chi connectivity index (χ2n) is 3.92. The van der Waals surface area contributed by atoms with Gasteiger partial charge >= 0.3 is 0 Å². The number of amides is 1. The molecule has 94 valence electrons. The summed E-state index contributed by atoms with van der Waals surface area (Å²) in [6.45, 7) is 2.31. The van der Waals surface area contributed by atoms with Gasteiger partial charge in [0.15, 0.2) is 0 Å². The summed E-state index contributed by atoms with van der Waals surface area (Å²) in [7, 11) is 0. The summed E-state index contributed by atoms with van der Waals surface area (Å²) < 4.78 is 1.04. The van der Waals surface area contributed by atoms with Crippen molar-refractivity contribution in [2.75, 3.05) is 13.2 Å². The van der Waals surface area contributed by atoms with Crippen LogP contribution in [0.4, 0.5) is 0 Å². The molecule has 0 radical (unpaired) electrons. The molecule has 1 aromatic rings. The van der Waals surface area contributed by atoms with E-state index < -0.39 is 0 Å². The normalized spacial score (nSPS) is 12.2. The van der Waals surface area contributed by atoms with Crippen LogP contribution in [0.15, 0.2) is 28.7 Å². The lowest BCUT2D eigenvalue weighted by atomic mass is 9.96. The predicted octanol–water partition coefficient (Wildman–Crippen LogP) is 2.13. The van der Waals surface area contributed by atoms with Crippen LogP contribution in [0.3, 0.4) is 0 Å². The van der Waals surface area contributed by atoms with Crippen LogP contribution < -0.4 is 5.32 Å².